The number of amides is 2. The standard InChI is InChI=1S/C26H20N4O2/c1-27-15-10-12-11-18(15)30-17-9-5-3-7-14(17)20-22-21(25(31)28-26(22)32)19-13-6-2-4-8-16(13)29(12)23(19)24(20)30/h2-9,12,15,18,27H,10-11H2,1H3,(H,28,31,32)/t12?,15-,18?/m0/s1. The second kappa shape index (κ2) is 5.40. The molecular weight excluding hydrogens is 400 g/mol. The molecule has 1 saturated carbocycles. The lowest BCUT2D eigenvalue weighted by Crippen LogP contribution is -2.31. The third kappa shape index (κ3) is 1.68. The van der Waals surface area contributed by atoms with E-state index in [1.54, 1.807) is 0 Å². The predicted octanol–water partition coefficient (Wildman–Crippen LogP) is 4.26. The van der Waals surface area contributed by atoms with Gasteiger partial charge in [-0.1, -0.05) is 36.4 Å². The van der Waals surface area contributed by atoms with Crippen LogP contribution in [-0.4, -0.2) is 34.0 Å². The second-order valence-electron chi connectivity index (χ2n) is 9.34. The van der Waals surface area contributed by atoms with Crippen molar-refractivity contribution >= 4 is 55.4 Å². The zero-order valence-electron chi connectivity index (χ0n) is 17.5. The predicted molar refractivity (Wildman–Crippen MR) is 124 cm³/mol. The van der Waals surface area contributed by atoms with Crippen molar-refractivity contribution in [2.75, 3.05) is 7.05 Å². The summed E-state index contributed by atoms with van der Waals surface area (Å²) in [5.74, 6) is -0.569. The molecule has 3 aromatic carbocycles. The summed E-state index contributed by atoms with van der Waals surface area (Å²) >= 11 is 0. The number of likely N-dealkylation sites (N-methyl/N-ethyl adjacent to an activating group) is 1. The minimum absolute atomic E-state index is 0.283. The summed E-state index contributed by atoms with van der Waals surface area (Å²) in [6.45, 7) is 0. The molecule has 3 aliphatic rings. The van der Waals surface area contributed by atoms with Gasteiger partial charge in [0.15, 0.2) is 0 Å². The van der Waals surface area contributed by atoms with Crippen LogP contribution in [0.2, 0.25) is 0 Å². The maximum absolute atomic E-state index is 13.2. The van der Waals surface area contributed by atoms with E-state index in [4.69, 9.17) is 0 Å². The van der Waals surface area contributed by atoms with Gasteiger partial charge in [0, 0.05) is 44.7 Å². The molecule has 156 valence electrons. The Bertz CT molecular complexity index is 1710. The van der Waals surface area contributed by atoms with Gasteiger partial charge in [0.2, 0.25) is 0 Å². The molecule has 2 N–H and O–H groups in total. The second-order valence-corrected chi connectivity index (χ2v) is 9.34. The number of carbonyl (C=O) groups excluding carboxylic acids is 2. The first-order chi connectivity index (χ1) is 15.7. The third-order valence-corrected chi connectivity index (χ3v) is 8.05. The van der Waals surface area contributed by atoms with Crippen molar-refractivity contribution < 1.29 is 9.59 Å². The van der Waals surface area contributed by atoms with Crippen molar-refractivity contribution in [2.45, 2.75) is 31.0 Å². The van der Waals surface area contributed by atoms with E-state index in [0.717, 1.165) is 56.5 Å². The largest absolute Gasteiger partial charge is 0.335 e. The zero-order chi connectivity index (χ0) is 21.3. The van der Waals surface area contributed by atoms with E-state index in [0.29, 0.717) is 23.2 Å². The van der Waals surface area contributed by atoms with Crippen LogP contribution in [0.25, 0.3) is 43.6 Å². The highest BCUT2D eigenvalue weighted by molar-refractivity contribution is 6.39. The Labute approximate surface area is 182 Å². The molecule has 4 heterocycles. The Morgan fingerprint density at radius 3 is 2.00 bits per heavy atom. The average Bonchev–Trinajstić information content (AvgIpc) is 3.50. The molecule has 2 bridgehead atoms. The van der Waals surface area contributed by atoms with Crippen LogP contribution in [0, 0.1) is 0 Å². The van der Waals surface area contributed by atoms with Crippen LogP contribution in [0.1, 0.15) is 45.6 Å². The molecule has 6 heteroatoms. The quantitative estimate of drug-likeness (QED) is 0.398. The van der Waals surface area contributed by atoms with Crippen LogP contribution in [0.4, 0.5) is 0 Å². The SMILES string of the molecule is CN[C@H]1CC2CC1n1c3ccccc3c3c4c(c5c6ccccc6n2c5c31)C(=O)NC4=O. The molecule has 2 aromatic heterocycles. The molecular formula is C26H20N4O2. The van der Waals surface area contributed by atoms with Crippen molar-refractivity contribution in [1.29, 1.82) is 0 Å². The van der Waals surface area contributed by atoms with Gasteiger partial charge in [-0.3, -0.25) is 14.9 Å². The molecule has 1 fully saturated rings. The van der Waals surface area contributed by atoms with E-state index in [1.165, 1.54) is 0 Å². The summed E-state index contributed by atoms with van der Waals surface area (Å²) in [6, 6.07) is 17.6. The summed E-state index contributed by atoms with van der Waals surface area (Å²) in [5, 5.41) is 10.1. The Hall–Kier alpha value is -3.64. The van der Waals surface area contributed by atoms with Gasteiger partial charge in [-0.25, -0.2) is 0 Å². The Kier molecular flexibility index (Phi) is 2.86. The fourth-order valence-corrected chi connectivity index (χ4v) is 6.95. The first-order valence-electron chi connectivity index (χ1n) is 11.2. The molecule has 2 aliphatic heterocycles. The van der Waals surface area contributed by atoms with Crippen molar-refractivity contribution in [3.63, 3.8) is 0 Å². The number of hydrogen-bond acceptors (Lipinski definition) is 3. The fraction of sp³-hybridized carbons (Fsp3) is 0.231. The summed E-state index contributed by atoms with van der Waals surface area (Å²) in [5.41, 5.74) is 5.54. The molecule has 0 saturated heterocycles. The van der Waals surface area contributed by atoms with Gasteiger partial charge in [-0.2, -0.15) is 0 Å². The molecule has 2 unspecified atom stereocenters. The Balaban J connectivity index is 1.78. The Morgan fingerprint density at radius 2 is 1.38 bits per heavy atom. The molecule has 1 aliphatic carbocycles. The highest BCUT2D eigenvalue weighted by Crippen LogP contribution is 2.53. The molecule has 0 spiro atoms. The fourth-order valence-electron chi connectivity index (χ4n) is 6.95. The average molecular weight is 420 g/mol. The summed E-state index contributed by atoms with van der Waals surface area (Å²) in [4.78, 5) is 26.3. The number of carbonyl (C=O) groups is 2. The van der Waals surface area contributed by atoms with E-state index in [-0.39, 0.29) is 17.9 Å². The molecule has 3 atom stereocenters. The van der Waals surface area contributed by atoms with E-state index in [9.17, 15) is 9.59 Å². The van der Waals surface area contributed by atoms with E-state index in [2.05, 4.69) is 56.2 Å². The summed E-state index contributed by atoms with van der Waals surface area (Å²) < 4.78 is 4.93. The van der Waals surface area contributed by atoms with Crippen LogP contribution < -0.4 is 10.6 Å². The van der Waals surface area contributed by atoms with Crippen LogP contribution >= 0.6 is 0 Å². The third-order valence-electron chi connectivity index (χ3n) is 8.05. The number of benzene rings is 3. The van der Waals surface area contributed by atoms with Crippen LogP contribution in [-0.2, 0) is 0 Å². The Morgan fingerprint density at radius 1 is 0.812 bits per heavy atom. The molecule has 0 radical (unpaired) electrons. The van der Waals surface area contributed by atoms with Crippen molar-refractivity contribution in [1.82, 2.24) is 19.8 Å². The zero-order valence-corrected chi connectivity index (χ0v) is 17.5. The lowest BCUT2D eigenvalue weighted by atomic mass is 9.96. The van der Waals surface area contributed by atoms with Gasteiger partial charge in [0.25, 0.3) is 11.8 Å². The van der Waals surface area contributed by atoms with Crippen LogP contribution in [0.3, 0.4) is 0 Å². The van der Waals surface area contributed by atoms with Crippen molar-refractivity contribution in [3.8, 4) is 0 Å². The first-order valence-corrected chi connectivity index (χ1v) is 11.2. The first kappa shape index (κ1) is 17.0. The highest BCUT2D eigenvalue weighted by atomic mass is 16.2. The van der Waals surface area contributed by atoms with Gasteiger partial charge in [-0.15, -0.1) is 0 Å². The summed E-state index contributed by atoms with van der Waals surface area (Å²) in [6.07, 6.45) is 2.05. The van der Waals surface area contributed by atoms with Crippen molar-refractivity contribution in [3.05, 3.63) is 59.7 Å². The molecule has 32 heavy (non-hydrogen) atoms. The van der Waals surface area contributed by atoms with Crippen molar-refractivity contribution in [2.24, 2.45) is 0 Å². The molecule has 2 amide bonds. The molecule has 6 nitrogen and oxygen atoms in total. The lowest BCUT2D eigenvalue weighted by molar-refractivity contribution is 0.0880. The molecule has 8 rings (SSSR count). The van der Waals surface area contributed by atoms with Gasteiger partial charge in [0.05, 0.1) is 28.2 Å². The van der Waals surface area contributed by atoms with Crippen LogP contribution in [0.5, 0.6) is 0 Å². The van der Waals surface area contributed by atoms with Gasteiger partial charge in [0.1, 0.15) is 0 Å². The number of rotatable bonds is 1. The minimum atomic E-state index is -0.286. The van der Waals surface area contributed by atoms with Crippen LogP contribution in [0.15, 0.2) is 48.5 Å². The number of nitrogens with zero attached hydrogens (tertiary/aromatic N) is 2. The van der Waals surface area contributed by atoms with E-state index >= 15 is 0 Å². The number of para-hydroxylation sites is 2. The number of fused-ring (bicyclic) bond motifs is 13. The number of aromatic nitrogens is 2. The molecule has 5 aromatic rings. The number of nitrogens with one attached hydrogen (secondary N) is 2. The van der Waals surface area contributed by atoms with Gasteiger partial charge in [-0.05, 0) is 32.0 Å². The van der Waals surface area contributed by atoms with Gasteiger partial charge < -0.3 is 14.5 Å². The van der Waals surface area contributed by atoms with E-state index in [1.807, 2.05) is 19.2 Å². The lowest BCUT2D eigenvalue weighted by Gasteiger charge is -2.23. The minimum Gasteiger partial charge on any atom is -0.335 e. The number of imide groups is 1. The topological polar surface area (TPSA) is 68.1 Å². The summed E-state index contributed by atoms with van der Waals surface area (Å²) in [7, 11) is 2.05. The monoisotopic (exact) mass is 420 g/mol. The van der Waals surface area contributed by atoms with Gasteiger partial charge >= 0.3 is 0 Å². The van der Waals surface area contributed by atoms with E-state index < -0.39 is 0 Å². The maximum Gasteiger partial charge on any atom is 0.259 e. The normalized spacial score (nSPS) is 23.7. The highest BCUT2D eigenvalue weighted by Gasteiger charge is 2.44. The smallest absolute Gasteiger partial charge is 0.259 e. The number of hydrogen-bond donors (Lipinski definition) is 2. The maximum atomic E-state index is 13.2.